The van der Waals surface area contributed by atoms with Crippen LogP contribution in [-0.2, 0) is 6.42 Å². The van der Waals surface area contributed by atoms with Gasteiger partial charge in [-0.2, -0.15) is 0 Å². The third-order valence-electron chi connectivity index (χ3n) is 6.11. The summed E-state index contributed by atoms with van der Waals surface area (Å²) in [6, 6.07) is 13.6. The van der Waals surface area contributed by atoms with Crippen LogP contribution in [0.15, 0.2) is 42.5 Å². The molecule has 0 aliphatic carbocycles. The predicted molar refractivity (Wildman–Crippen MR) is 132 cm³/mol. The summed E-state index contributed by atoms with van der Waals surface area (Å²) in [7, 11) is 0. The second-order valence-corrected chi connectivity index (χ2v) is 9.24. The van der Waals surface area contributed by atoms with Gasteiger partial charge in [-0.3, -0.25) is 5.32 Å². The molecule has 2 aromatic rings. The summed E-state index contributed by atoms with van der Waals surface area (Å²) in [5.74, 6) is -0.220. The van der Waals surface area contributed by atoms with Crippen LogP contribution < -0.4 is 15.0 Å². The van der Waals surface area contributed by atoms with E-state index in [9.17, 15) is 15.0 Å². The number of carboxylic acid groups (broad SMARTS) is 1. The molecule has 33 heavy (non-hydrogen) atoms. The lowest BCUT2D eigenvalue weighted by Crippen LogP contribution is -2.37. The van der Waals surface area contributed by atoms with Crippen LogP contribution in [0.4, 0.5) is 5.69 Å². The number of nitrogens with zero attached hydrogens (tertiary/aromatic N) is 1. The minimum Gasteiger partial charge on any atom is -0.493 e. The number of ether oxygens (including phenoxy) is 1. The standard InChI is InChI=1S/C27H38N2O4/c1-4-33-25-17-20(12-13-22(25)27(31)32)18-26(30)28-23(16-19(2)3)21-10-6-7-11-24(21)29-14-8-5-9-15-29/h6-7,10-13,17,19,23,26,28,30H,4-5,8-9,14-16,18H2,1-3H3,(H,31,32)/t23-,26?/m0/s1. The molecule has 2 aromatic carbocycles. The van der Waals surface area contributed by atoms with Crippen molar-refractivity contribution >= 4 is 11.7 Å². The third kappa shape index (κ3) is 6.95. The Morgan fingerprint density at radius 3 is 2.52 bits per heavy atom. The Kier molecular flexibility index (Phi) is 9.15. The number of benzene rings is 2. The molecular formula is C27H38N2O4. The van der Waals surface area contributed by atoms with Gasteiger partial charge in [0.05, 0.1) is 6.61 Å². The molecule has 1 aliphatic rings. The van der Waals surface area contributed by atoms with Crippen molar-refractivity contribution in [1.82, 2.24) is 5.32 Å². The third-order valence-corrected chi connectivity index (χ3v) is 6.11. The summed E-state index contributed by atoms with van der Waals surface area (Å²) in [5, 5.41) is 23.8. The Bertz CT molecular complexity index is 909. The van der Waals surface area contributed by atoms with Crippen LogP contribution in [0.5, 0.6) is 5.75 Å². The highest BCUT2D eigenvalue weighted by atomic mass is 16.5. The summed E-state index contributed by atoms with van der Waals surface area (Å²) in [6.45, 7) is 8.75. The smallest absolute Gasteiger partial charge is 0.339 e. The van der Waals surface area contributed by atoms with Gasteiger partial charge in [0.1, 0.15) is 17.5 Å². The Balaban J connectivity index is 1.79. The first-order valence-corrected chi connectivity index (χ1v) is 12.2. The van der Waals surface area contributed by atoms with Crippen LogP contribution >= 0.6 is 0 Å². The molecule has 2 atom stereocenters. The molecule has 0 saturated carbocycles. The molecule has 1 fully saturated rings. The zero-order chi connectivity index (χ0) is 23.8. The first-order chi connectivity index (χ1) is 15.9. The molecule has 3 N–H and O–H groups in total. The maximum Gasteiger partial charge on any atom is 0.339 e. The van der Waals surface area contributed by atoms with E-state index in [1.54, 1.807) is 18.2 Å². The number of aromatic carboxylic acids is 1. The van der Waals surface area contributed by atoms with Crippen molar-refractivity contribution in [2.75, 3.05) is 24.6 Å². The van der Waals surface area contributed by atoms with Crippen LogP contribution in [-0.4, -0.2) is 42.1 Å². The minimum absolute atomic E-state index is 0.0165. The number of aliphatic hydroxyl groups excluding tert-OH is 1. The summed E-state index contributed by atoms with van der Waals surface area (Å²) in [6.07, 6.45) is 4.22. The average Bonchev–Trinajstić information content (AvgIpc) is 2.79. The molecule has 1 aliphatic heterocycles. The highest BCUT2D eigenvalue weighted by Crippen LogP contribution is 2.32. The Labute approximate surface area is 197 Å². The molecule has 6 heteroatoms. The van der Waals surface area contributed by atoms with Crippen molar-refractivity contribution in [3.63, 3.8) is 0 Å². The van der Waals surface area contributed by atoms with Crippen molar-refractivity contribution < 1.29 is 19.7 Å². The van der Waals surface area contributed by atoms with Gasteiger partial charge < -0.3 is 19.8 Å². The molecule has 1 unspecified atom stereocenters. The number of rotatable bonds is 11. The zero-order valence-electron chi connectivity index (χ0n) is 20.1. The quantitative estimate of drug-likeness (QED) is 0.414. The molecule has 0 amide bonds. The van der Waals surface area contributed by atoms with Crippen molar-refractivity contribution in [3.05, 3.63) is 59.2 Å². The molecule has 0 radical (unpaired) electrons. The highest BCUT2D eigenvalue weighted by Gasteiger charge is 2.23. The average molecular weight is 455 g/mol. The fourth-order valence-electron chi connectivity index (χ4n) is 4.62. The van der Waals surface area contributed by atoms with Gasteiger partial charge in [-0.1, -0.05) is 38.1 Å². The van der Waals surface area contributed by atoms with E-state index in [0.29, 0.717) is 24.7 Å². The van der Waals surface area contributed by atoms with Gasteiger partial charge in [-0.25, -0.2) is 4.79 Å². The Morgan fingerprint density at radius 1 is 1.12 bits per heavy atom. The molecule has 6 nitrogen and oxygen atoms in total. The SMILES string of the molecule is CCOc1cc(CC(O)N[C@@H](CC(C)C)c2ccccc2N2CCCCC2)ccc1C(=O)O. The van der Waals surface area contributed by atoms with Gasteiger partial charge in [-0.05, 0) is 67.9 Å². The molecular weight excluding hydrogens is 416 g/mol. The monoisotopic (exact) mass is 454 g/mol. The van der Waals surface area contributed by atoms with Crippen LogP contribution in [0.2, 0.25) is 0 Å². The van der Waals surface area contributed by atoms with Gasteiger partial charge in [0.15, 0.2) is 0 Å². The van der Waals surface area contributed by atoms with Crippen molar-refractivity contribution in [2.45, 2.75) is 65.1 Å². The first-order valence-electron chi connectivity index (χ1n) is 12.2. The van der Waals surface area contributed by atoms with Crippen molar-refractivity contribution in [3.8, 4) is 5.75 Å². The van der Waals surface area contributed by atoms with Crippen LogP contribution in [0.25, 0.3) is 0 Å². The lowest BCUT2D eigenvalue weighted by molar-refractivity contribution is 0.0692. The van der Waals surface area contributed by atoms with E-state index in [1.165, 1.54) is 30.5 Å². The van der Waals surface area contributed by atoms with E-state index < -0.39 is 12.2 Å². The number of hydrogen-bond acceptors (Lipinski definition) is 5. The van der Waals surface area contributed by atoms with Gasteiger partial charge >= 0.3 is 5.97 Å². The molecule has 1 saturated heterocycles. The van der Waals surface area contributed by atoms with E-state index in [-0.39, 0.29) is 11.6 Å². The number of anilines is 1. The first kappa shape index (κ1) is 25.1. The van der Waals surface area contributed by atoms with Gasteiger partial charge in [0.2, 0.25) is 0 Å². The Hall–Kier alpha value is -2.57. The maximum atomic E-state index is 11.5. The number of nitrogens with one attached hydrogen (secondary N) is 1. The normalized spacial score (nSPS) is 16.0. The lowest BCUT2D eigenvalue weighted by Gasteiger charge is -2.34. The fraction of sp³-hybridized carbons (Fsp3) is 0.519. The van der Waals surface area contributed by atoms with Gasteiger partial charge in [0.25, 0.3) is 0 Å². The number of piperidine rings is 1. The molecule has 0 aromatic heterocycles. The zero-order valence-corrected chi connectivity index (χ0v) is 20.1. The van der Waals surface area contributed by atoms with E-state index in [2.05, 4.69) is 48.3 Å². The summed E-state index contributed by atoms with van der Waals surface area (Å²) >= 11 is 0. The minimum atomic E-state index is -1.02. The van der Waals surface area contributed by atoms with Crippen LogP contribution in [0.1, 0.15) is 74.0 Å². The number of para-hydroxylation sites is 1. The second-order valence-electron chi connectivity index (χ2n) is 9.24. The van der Waals surface area contributed by atoms with E-state index in [1.807, 2.05) is 6.92 Å². The Morgan fingerprint density at radius 2 is 1.85 bits per heavy atom. The topological polar surface area (TPSA) is 82.0 Å². The number of hydrogen-bond donors (Lipinski definition) is 3. The summed E-state index contributed by atoms with van der Waals surface area (Å²) < 4.78 is 5.52. The highest BCUT2D eigenvalue weighted by molar-refractivity contribution is 5.91. The van der Waals surface area contributed by atoms with E-state index in [0.717, 1.165) is 25.1 Å². The van der Waals surface area contributed by atoms with Crippen molar-refractivity contribution in [2.24, 2.45) is 5.92 Å². The van der Waals surface area contributed by atoms with Crippen molar-refractivity contribution in [1.29, 1.82) is 0 Å². The number of carboxylic acids is 1. The van der Waals surface area contributed by atoms with Crippen LogP contribution in [0, 0.1) is 5.92 Å². The maximum absolute atomic E-state index is 11.5. The molecule has 0 spiro atoms. The number of carbonyl (C=O) groups is 1. The fourth-order valence-corrected chi connectivity index (χ4v) is 4.62. The molecule has 0 bridgehead atoms. The molecule has 1 heterocycles. The second kappa shape index (κ2) is 12.1. The largest absolute Gasteiger partial charge is 0.493 e. The number of aliphatic hydroxyl groups is 1. The molecule has 3 rings (SSSR count). The van der Waals surface area contributed by atoms with E-state index in [4.69, 9.17) is 4.74 Å². The summed E-state index contributed by atoms with van der Waals surface area (Å²) in [5.41, 5.74) is 3.45. The molecule has 180 valence electrons. The summed E-state index contributed by atoms with van der Waals surface area (Å²) in [4.78, 5) is 13.9. The van der Waals surface area contributed by atoms with Gasteiger partial charge in [-0.15, -0.1) is 0 Å². The predicted octanol–water partition coefficient (Wildman–Crippen LogP) is 5.01. The van der Waals surface area contributed by atoms with E-state index >= 15 is 0 Å². The van der Waals surface area contributed by atoms with Gasteiger partial charge in [0, 0.05) is 31.2 Å². The van der Waals surface area contributed by atoms with Crippen LogP contribution in [0.3, 0.4) is 0 Å². The lowest BCUT2D eigenvalue weighted by atomic mass is 9.94.